The maximum absolute atomic E-state index is 13.4. The van der Waals surface area contributed by atoms with Gasteiger partial charge >= 0.3 is 0 Å². The Morgan fingerprint density at radius 3 is 2.94 bits per heavy atom. The van der Waals surface area contributed by atoms with E-state index in [-0.39, 0.29) is 30.6 Å². The molecule has 0 fully saturated rings. The van der Waals surface area contributed by atoms with Gasteiger partial charge in [0.1, 0.15) is 5.82 Å². The van der Waals surface area contributed by atoms with Crippen LogP contribution in [0.4, 0.5) is 4.39 Å². The molecule has 1 rings (SSSR count). The summed E-state index contributed by atoms with van der Waals surface area (Å²) in [6, 6.07) is 4.63. The summed E-state index contributed by atoms with van der Waals surface area (Å²) in [6.07, 6.45) is 0. The maximum Gasteiger partial charge on any atom is 0.234 e. The third-order valence-corrected chi connectivity index (χ3v) is 2.37. The van der Waals surface area contributed by atoms with Crippen molar-refractivity contribution in [3.8, 4) is 0 Å². The first-order valence-electron chi connectivity index (χ1n) is 5.16. The van der Waals surface area contributed by atoms with Crippen LogP contribution < -0.4 is 10.6 Å². The van der Waals surface area contributed by atoms with Crippen molar-refractivity contribution in [2.45, 2.75) is 6.54 Å². The lowest BCUT2D eigenvalue weighted by Gasteiger charge is -2.07. The molecule has 1 aromatic carbocycles. The van der Waals surface area contributed by atoms with Crippen molar-refractivity contribution in [2.75, 3.05) is 19.7 Å². The molecule has 0 aliphatic carbocycles. The fraction of sp³-hybridized carbons (Fsp3) is 0.364. The van der Waals surface area contributed by atoms with Crippen LogP contribution in [0.25, 0.3) is 0 Å². The summed E-state index contributed by atoms with van der Waals surface area (Å²) in [5.74, 6) is -0.782. The Morgan fingerprint density at radius 2 is 2.24 bits per heavy atom. The number of amides is 1. The highest BCUT2D eigenvalue weighted by molar-refractivity contribution is 6.30. The molecule has 0 radical (unpaired) electrons. The van der Waals surface area contributed by atoms with Gasteiger partial charge in [0.2, 0.25) is 5.91 Å². The molecule has 94 valence electrons. The van der Waals surface area contributed by atoms with E-state index in [2.05, 4.69) is 10.6 Å². The normalized spacial score (nSPS) is 10.3. The van der Waals surface area contributed by atoms with Gasteiger partial charge in [0, 0.05) is 18.7 Å². The Bertz CT molecular complexity index is 388. The van der Waals surface area contributed by atoms with Gasteiger partial charge in [0.15, 0.2) is 0 Å². The van der Waals surface area contributed by atoms with E-state index in [1.165, 1.54) is 6.07 Å². The Morgan fingerprint density at radius 1 is 1.47 bits per heavy atom. The van der Waals surface area contributed by atoms with E-state index < -0.39 is 5.82 Å². The molecular formula is C11H14ClFN2O2. The van der Waals surface area contributed by atoms with Gasteiger partial charge in [-0.15, -0.1) is 0 Å². The molecule has 1 aromatic rings. The molecule has 17 heavy (non-hydrogen) atoms. The van der Waals surface area contributed by atoms with Crippen LogP contribution in [0.5, 0.6) is 0 Å². The minimum atomic E-state index is -0.516. The number of carbonyl (C=O) groups is 1. The van der Waals surface area contributed by atoms with E-state index in [0.717, 1.165) is 0 Å². The predicted octanol–water partition coefficient (Wildman–Crippen LogP) is 0.677. The van der Waals surface area contributed by atoms with Crippen LogP contribution in [0.3, 0.4) is 0 Å². The molecule has 0 aromatic heterocycles. The largest absolute Gasteiger partial charge is 0.395 e. The Labute approximate surface area is 104 Å². The molecule has 0 spiro atoms. The standard InChI is InChI=1S/C11H14ClFN2O2/c12-9-3-1-2-8(11(9)13)6-15-10(17)7-14-4-5-16/h1-3,14,16H,4-7H2,(H,15,17). The van der Waals surface area contributed by atoms with Crippen LogP contribution in [-0.2, 0) is 11.3 Å². The van der Waals surface area contributed by atoms with Crippen molar-refractivity contribution in [3.63, 3.8) is 0 Å². The minimum absolute atomic E-state index is 0.0315. The summed E-state index contributed by atoms with van der Waals surface area (Å²) in [5, 5.41) is 13.8. The number of nitrogens with one attached hydrogen (secondary N) is 2. The van der Waals surface area contributed by atoms with E-state index in [4.69, 9.17) is 16.7 Å². The predicted molar refractivity (Wildman–Crippen MR) is 63.2 cm³/mol. The first-order valence-corrected chi connectivity index (χ1v) is 5.54. The van der Waals surface area contributed by atoms with Crippen LogP contribution in [-0.4, -0.2) is 30.7 Å². The first kappa shape index (κ1) is 13.9. The molecular weight excluding hydrogens is 247 g/mol. The zero-order valence-electron chi connectivity index (χ0n) is 9.17. The van der Waals surface area contributed by atoms with Gasteiger partial charge in [-0.1, -0.05) is 23.7 Å². The van der Waals surface area contributed by atoms with Gasteiger partial charge in [-0.05, 0) is 6.07 Å². The topological polar surface area (TPSA) is 61.4 Å². The van der Waals surface area contributed by atoms with Gasteiger partial charge in [-0.3, -0.25) is 4.79 Å². The summed E-state index contributed by atoms with van der Waals surface area (Å²) < 4.78 is 13.4. The molecule has 3 N–H and O–H groups in total. The number of hydrogen-bond donors (Lipinski definition) is 3. The van der Waals surface area contributed by atoms with Crippen molar-refractivity contribution in [1.29, 1.82) is 0 Å². The van der Waals surface area contributed by atoms with Crippen LogP contribution in [0.15, 0.2) is 18.2 Å². The van der Waals surface area contributed by atoms with Crippen LogP contribution in [0.1, 0.15) is 5.56 Å². The van der Waals surface area contributed by atoms with Gasteiger partial charge in [0.05, 0.1) is 18.2 Å². The monoisotopic (exact) mass is 260 g/mol. The lowest BCUT2D eigenvalue weighted by Crippen LogP contribution is -2.34. The van der Waals surface area contributed by atoms with Crippen molar-refractivity contribution in [2.24, 2.45) is 0 Å². The molecule has 4 nitrogen and oxygen atoms in total. The summed E-state index contributed by atoms with van der Waals surface area (Å²) in [4.78, 5) is 11.3. The average molecular weight is 261 g/mol. The lowest BCUT2D eigenvalue weighted by atomic mass is 10.2. The zero-order chi connectivity index (χ0) is 12.7. The maximum atomic E-state index is 13.4. The summed E-state index contributed by atoms with van der Waals surface area (Å²) >= 11 is 5.60. The van der Waals surface area contributed by atoms with E-state index in [1.54, 1.807) is 12.1 Å². The second-order valence-electron chi connectivity index (χ2n) is 3.39. The number of aliphatic hydroxyl groups excluding tert-OH is 1. The third-order valence-electron chi connectivity index (χ3n) is 2.08. The van der Waals surface area contributed by atoms with Crippen LogP contribution in [0.2, 0.25) is 5.02 Å². The Balaban J connectivity index is 2.39. The number of rotatable bonds is 6. The van der Waals surface area contributed by atoms with E-state index in [9.17, 15) is 9.18 Å². The zero-order valence-corrected chi connectivity index (χ0v) is 9.93. The van der Waals surface area contributed by atoms with Gasteiger partial charge < -0.3 is 15.7 Å². The van der Waals surface area contributed by atoms with E-state index in [1.807, 2.05) is 0 Å². The second-order valence-corrected chi connectivity index (χ2v) is 3.80. The van der Waals surface area contributed by atoms with Crippen molar-refractivity contribution in [3.05, 3.63) is 34.6 Å². The molecule has 0 unspecified atom stereocenters. The highest BCUT2D eigenvalue weighted by Gasteiger charge is 2.07. The molecule has 0 aliphatic heterocycles. The highest BCUT2D eigenvalue weighted by atomic mass is 35.5. The Hall–Kier alpha value is -1.17. The first-order chi connectivity index (χ1) is 8.15. The molecule has 0 aliphatic rings. The molecule has 1 amide bonds. The number of carbonyl (C=O) groups excluding carboxylic acids is 1. The Kier molecular flexibility index (Phi) is 5.90. The summed E-state index contributed by atoms with van der Waals surface area (Å²) in [5.41, 5.74) is 0.341. The van der Waals surface area contributed by atoms with Crippen LogP contribution >= 0.6 is 11.6 Å². The van der Waals surface area contributed by atoms with Crippen molar-refractivity contribution in [1.82, 2.24) is 10.6 Å². The van der Waals surface area contributed by atoms with E-state index in [0.29, 0.717) is 12.1 Å². The second kappa shape index (κ2) is 7.21. The smallest absolute Gasteiger partial charge is 0.234 e. The fourth-order valence-corrected chi connectivity index (χ4v) is 1.42. The number of benzene rings is 1. The van der Waals surface area contributed by atoms with Gasteiger partial charge in [-0.25, -0.2) is 4.39 Å². The highest BCUT2D eigenvalue weighted by Crippen LogP contribution is 2.17. The average Bonchev–Trinajstić information content (AvgIpc) is 2.31. The lowest BCUT2D eigenvalue weighted by molar-refractivity contribution is -0.120. The number of aliphatic hydroxyl groups is 1. The quantitative estimate of drug-likeness (QED) is 0.659. The molecule has 0 heterocycles. The number of hydrogen-bond acceptors (Lipinski definition) is 3. The van der Waals surface area contributed by atoms with Crippen molar-refractivity contribution >= 4 is 17.5 Å². The minimum Gasteiger partial charge on any atom is -0.395 e. The van der Waals surface area contributed by atoms with E-state index >= 15 is 0 Å². The molecule has 6 heteroatoms. The molecule has 0 bridgehead atoms. The van der Waals surface area contributed by atoms with Gasteiger partial charge in [0.25, 0.3) is 0 Å². The molecule has 0 saturated carbocycles. The van der Waals surface area contributed by atoms with Crippen molar-refractivity contribution < 1.29 is 14.3 Å². The van der Waals surface area contributed by atoms with Crippen LogP contribution in [0, 0.1) is 5.82 Å². The SMILES string of the molecule is O=C(CNCCO)NCc1cccc(Cl)c1F. The third kappa shape index (κ3) is 4.68. The summed E-state index contributed by atoms with van der Waals surface area (Å²) in [7, 11) is 0. The number of halogens is 2. The van der Waals surface area contributed by atoms with Gasteiger partial charge in [-0.2, -0.15) is 0 Å². The molecule has 0 saturated heterocycles. The fourth-order valence-electron chi connectivity index (χ4n) is 1.22. The summed E-state index contributed by atoms with van der Waals surface area (Å²) in [6.45, 7) is 0.490. The molecule has 0 atom stereocenters.